The minimum Gasteiger partial charge on any atom is -0.497 e. The van der Waals surface area contributed by atoms with E-state index < -0.39 is 5.97 Å². The van der Waals surface area contributed by atoms with E-state index in [0.717, 1.165) is 11.3 Å². The first-order valence-corrected chi connectivity index (χ1v) is 5.68. The maximum Gasteiger partial charge on any atom is 0.354 e. The van der Waals surface area contributed by atoms with Crippen LogP contribution in [0.1, 0.15) is 21.7 Å². The molecule has 18 heavy (non-hydrogen) atoms. The highest BCUT2D eigenvalue weighted by molar-refractivity contribution is 7.71. The molecule has 0 aliphatic heterocycles. The summed E-state index contributed by atoms with van der Waals surface area (Å²) in [5.74, 6) is -0.259. The average molecular weight is 264 g/mol. The Morgan fingerprint density at radius 3 is 2.56 bits per heavy atom. The van der Waals surface area contributed by atoms with Crippen molar-refractivity contribution >= 4 is 18.2 Å². The lowest BCUT2D eigenvalue weighted by Gasteiger charge is -2.03. The van der Waals surface area contributed by atoms with Crippen molar-refractivity contribution in [3.8, 4) is 5.75 Å². The number of aromatic carboxylic acids is 1. The molecule has 6 heteroatoms. The third kappa shape index (κ3) is 2.60. The lowest BCUT2D eigenvalue weighted by atomic mass is 10.1. The zero-order valence-corrected chi connectivity index (χ0v) is 10.5. The molecule has 2 aromatic rings. The Labute approximate surface area is 108 Å². The van der Waals surface area contributed by atoms with Crippen molar-refractivity contribution in [3.05, 3.63) is 46.0 Å². The van der Waals surface area contributed by atoms with Gasteiger partial charge in [0.25, 0.3) is 0 Å². The number of carboxylic acids is 1. The zero-order chi connectivity index (χ0) is 13.1. The van der Waals surface area contributed by atoms with Gasteiger partial charge in [-0.2, -0.15) is 0 Å². The van der Waals surface area contributed by atoms with Crippen molar-refractivity contribution in [2.75, 3.05) is 7.11 Å². The molecule has 1 aromatic heterocycles. The SMILES string of the molecule is COc1ccc(Cc2[nH]c(=S)[nH]c2C(=O)O)cc1. The number of carbonyl (C=O) groups is 1. The summed E-state index contributed by atoms with van der Waals surface area (Å²) in [4.78, 5) is 16.5. The van der Waals surface area contributed by atoms with Crippen molar-refractivity contribution in [1.29, 1.82) is 0 Å². The van der Waals surface area contributed by atoms with Gasteiger partial charge in [-0.15, -0.1) is 0 Å². The Bertz CT molecular complexity index is 613. The van der Waals surface area contributed by atoms with Crippen LogP contribution in [-0.2, 0) is 6.42 Å². The van der Waals surface area contributed by atoms with Gasteiger partial charge in [-0.25, -0.2) is 4.79 Å². The van der Waals surface area contributed by atoms with E-state index in [1.807, 2.05) is 24.3 Å². The topological polar surface area (TPSA) is 78.1 Å². The summed E-state index contributed by atoms with van der Waals surface area (Å²) >= 11 is 4.90. The number of imidazole rings is 1. The number of aromatic nitrogens is 2. The molecular weight excluding hydrogens is 252 g/mol. The van der Waals surface area contributed by atoms with Gasteiger partial charge >= 0.3 is 5.97 Å². The fourth-order valence-corrected chi connectivity index (χ4v) is 1.91. The van der Waals surface area contributed by atoms with E-state index in [2.05, 4.69) is 9.97 Å². The van der Waals surface area contributed by atoms with Gasteiger partial charge in [0.15, 0.2) is 4.77 Å². The van der Waals surface area contributed by atoms with Crippen molar-refractivity contribution < 1.29 is 14.6 Å². The second-order valence-electron chi connectivity index (χ2n) is 3.76. The summed E-state index contributed by atoms with van der Waals surface area (Å²) in [7, 11) is 1.60. The minimum atomic E-state index is -1.02. The van der Waals surface area contributed by atoms with Crippen LogP contribution < -0.4 is 4.74 Å². The maximum absolute atomic E-state index is 11.0. The average Bonchev–Trinajstić information content (AvgIpc) is 2.71. The van der Waals surface area contributed by atoms with Gasteiger partial charge in [-0.1, -0.05) is 12.1 Å². The number of ether oxygens (including phenoxy) is 1. The zero-order valence-electron chi connectivity index (χ0n) is 9.69. The van der Waals surface area contributed by atoms with Gasteiger partial charge in [0.05, 0.1) is 12.8 Å². The van der Waals surface area contributed by atoms with Crippen LogP contribution in [-0.4, -0.2) is 28.2 Å². The Morgan fingerprint density at radius 1 is 1.33 bits per heavy atom. The summed E-state index contributed by atoms with van der Waals surface area (Å²) in [5.41, 5.74) is 1.65. The number of aromatic amines is 2. The first-order valence-electron chi connectivity index (χ1n) is 5.27. The predicted octanol–water partition coefficient (Wildman–Crippen LogP) is 2.37. The normalized spacial score (nSPS) is 10.3. The molecule has 0 radical (unpaired) electrons. The van der Waals surface area contributed by atoms with E-state index in [0.29, 0.717) is 16.9 Å². The molecule has 0 unspecified atom stereocenters. The smallest absolute Gasteiger partial charge is 0.354 e. The molecule has 3 N–H and O–H groups in total. The van der Waals surface area contributed by atoms with Gasteiger partial charge in [0, 0.05) is 6.42 Å². The van der Waals surface area contributed by atoms with Crippen LogP contribution >= 0.6 is 12.2 Å². The highest BCUT2D eigenvalue weighted by Gasteiger charge is 2.13. The number of benzene rings is 1. The minimum absolute atomic E-state index is 0.107. The van der Waals surface area contributed by atoms with E-state index >= 15 is 0 Å². The van der Waals surface area contributed by atoms with Crippen LogP contribution in [0.3, 0.4) is 0 Å². The number of hydrogen-bond acceptors (Lipinski definition) is 3. The number of H-pyrrole nitrogens is 2. The van der Waals surface area contributed by atoms with Crippen molar-refractivity contribution in [2.45, 2.75) is 6.42 Å². The summed E-state index contributed by atoms with van der Waals surface area (Å²) in [6.45, 7) is 0. The monoisotopic (exact) mass is 264 g/mol. The summed E-state index contributed by atoms with van der Waals surface area (Å²) < 4.78 is 5.38. The molecule has 1 aromatic carbocycles. The maximum atomic E-state index is 11.0. The Kier molecular flexibility index (Phi) is 3.47. The molecule has 5 nitrogen and oxygen atoms in total. The van der Waals surface area contributed by atoms with Crippen LogP contribution in [0.4, 0.5) is 0 Å². The summed E-state index contributed by atoms with van der Waals surface area (Å²) in [6, 6.07) is 7.43. The molecule has 0 bridgehead atoms. The highest BCUT2D eigenvalue weighted by atomic mass is 32.1. The van der Waals surface area contributed by atoms with Crippen LogP contribution in [0.15, 0.2) is 24.3 Å². The van der Waals surface area contributed by atoms with E-state index in [1.165, 1.54) is 0 Å². The van der Waals surface area contributed by atoms with Crippen molar-refractivity contribution in [1.82, 2.24) is 9.97 Å². The third-order valence-electron chi connectivity index (χ3n) is 2.56. The van der Waals surface area contributed by atoms with Crippen LogP contribution in [0.5, 0.6) is 5.75 Å². The van der Waals surface area contributed by atoms with Gasteiger partial charge in [-0.05, 0) is 29.9 Å². The molecular formula is C12H12N2O3S. The molecule has 0 spiro atoms. The molecule has 0 saturated heterocycles. The summed E-state index contributed by atoms with van der Waals surface area (Å²) in [5, 5.41) is 9.02. The second kappa shape index (κ2) is 5.05. The number of hydrogen-bond donors (Lipinski definition) is 3. The van der Waals surface area contributed by atoms with Crippen LogP contribution in [0.25, 0.3) is 0 Å². The number of methoxy groups -OCH3 is 1. The highest BCUT2D eigenvalue weighted by Crippen LogP contribution is 2.15. The van der Waals surface area contributed by atoms with Crippen LogP contribution in [0.2, 0.25) is 0 Å². The molecule has 0 amide bonds. The molecule has 2 rings (SSSR count). The molecule has 0 aliphatic rings. The molecule has 94 valence electrons. The van der Waals surface area contributed by atoms with E-state index in [-0.39, 0.29) is 5.69 Å². The Morgan fingerprint density at radius 2 is 2.00 bits per heavy atom. The van der Waals surface area contributed by atoms with Gasteiger partial charge in [-0.3, -0.25) is 0 Å². The first-order chi connectivity index (χ1) is 8.60. The van der Waals surface area contributed by atoms with E-state index in [4.69, 9.17) is 22.1 Å². The first kappa shape index (κ1) is 12.4. The van der Waals surface area contributed by atoms with Gasteiger partial charge in [0.1, 0.15) is 11.4 Å². The molecule has 0 fully saturated rings. The molecule has 1 heterocycles. The Balaban J connectivity index is 2.27. The van der Waals surface area contributed by atoms with Crippen molar-refractivity contribution in [3.63, 3.8) is 0 Å². The predicted molar refractivity (Wildman–Crippen MR) is 68.7 cm³/mol. The molecule has 0 aliphatic carbocycles. The fraction of sp³-hybridized carbons (Fsp3) is 0.167. The number of carboxylic acid groups (broad SMARTS) is 1. The van der Waals surface area contributed by atoms with Gasteiger partial charge in [0.2, 0.25) is 0 Å². The third-order valence-corrected chi connectivity index (χ3v) is 2.76. The van der Waals surface area contributed by atoms with Crippen LogP contribution in [0, 0.1) is 4.77 Å². The largest absolute Gasteiger partial charge is 0.497 e. The summed E-state index contributed by atoms with van der Waals surface area (Å²) in [6.07, 6.45) is 0.471. The second-order valence-corrected chi connectivity index (χ2v) is 4.17. The molecule has 0 atom stereocenters. The quantitative estimate of drug-likeness (QED) is 0.741. The van der Waals surface area contributed by atoms with Crippen molar-refractivity contribution in [2.24, 2.45) is 0 Å². The van der Waals surface area contributed by atoms with E-state index in [1.54, 1.807) is 7.11 Å². The Hall–Kier alpha value is -2.08. The van der Waals surface area contributed by atoms with Gasteiger partial charge < -0.3 is 19.8 Å². The standard InChI is InChI=1S/C12H12N2O3S/c1-17-8-4-2-7(3-5-8)6-9-10(11(15)16)14-12(18)13-9/h2-5H,6H2,1H3,(H,15,16)(H2,13,14,18). The number of rotatable bonds is 4. The van der Waals surface area contributed by atoms with E-state index in [9.17, 15) is 4.79 Å². The lowest BCUT2D eigenvalue weighted by molar-refractivity contribution is 0.0690. The molecule has 0 saturated carbocycles. The number of nitrogens with one attached hydrogen (secondary N) is 2. The lowest BCUT2D eigenvalue weighted by Crippen LogP contribution is -2.02. The fourth-order valence-electron chi connectivity index (χ4n) is 1.68.